The normalized spacial score (nSPS) is 10.1. The third-order valence-corrected chi connectivity index (χ3v) is 2.78. The zero-order chi connectivity index (χ0) is 11.5. The summed E-state index contributed by atoms with van der Waals surface area (Å²) in [6.45, 7) is 3.82. The van der Waals surface area contributed by atoms with Gasteiger partial charge in [0.2, 0.25) is 0 Å². The highest BCUT2D eigenvalue weighted by atomic mass is 32.1. The molecule has 1 N–H and O–H groups in total. The summed E-state index contributed by atoms with van der Waals surface area (Å²) < 4.78 is 0. The van der Waals surface area contributed by atoms with Gasteiger partial charge in [-0.25, -0.2) is 9.97 Å². The predicted octanol–water partition coefficient (Wildman–Crippen LogP) is 2.41. The average molecular weight is 233 g/mol. The lowest BCUT2D eigenvalue weighted by Crippen LogP contribution is -2.13. The molecule has 0 aliphatic carbocycles. The van der Waals surface area contributed by atoms with Crippen molar-refractivity contribution in [3.8, 4) is 0 Å². The topological polar surface area (TPSA) is 54.9 Å². The molecular formula is C11H11N3OS. The minimum absolute atomic E-state index is 0.220. The van der Waals surface area contributed by atoms with Crippen LogP contribution in [0, 0.1) is 13.8 Å². The number of nitrogens with one attached hydrogen (secondary N) is 1. The molecule has 0 saturated heterocycles. The molecule has 0 aliphatic heterocycles. The molecule has 82 valence electrons. The van der Waals surface area contributed by atoms with Gasteiger partial charge in [-0.05, 0) is 31.5 Å². The first kappa shape index (κ1) is 10.8. The van der Waals surface area contributed by atoms with Crippen molar-refractivity contribution in [2.24, 2.45) is 0 Å². The maximum Gasteiger partial charge on any atom is 0.276 e. The number of rotatable bonds is 2. The smallest absolute Gasteiger partial charge is 0.276 e. The minimum Gasteiger partial charge on any atom is -0.305 e. The molecule has 2 aromatic rings. The van der Waals surface area contributed by atoms with E-state index in [2.05, 4.69) is 15.3 Å². The zero-order valence-corrected chi connectivity index (χ0v) is 9.84. The average Bonchev–Trinajstić information content (AvgIpc) is 2.65. The zero-order valence-electron chi connectivity index (χ0n) is 9.02. The van der Waals surface area contributed by atoms with Crippen LogP contribution in [0.1, 0.15) is 21.1 Å². The molecule has 16 heavy (non-hydrogen) atoms. The van der Waals surface area contributed by atoms with Crippen molar-refractivity contribution in [1.29, 1.82) is 0 Å². The van der Waals surface area contributed by atoms with Gasteiger partial charge in [-0.15, -0.1) is 11.3 Å². The molecule has 2 heterocycles. The van der Waals surface area contributed by atoms with E-state index in [0.717, 1.165) is 10.6 Å². The van der Waals surface area contributed by atoms with Crippen molar-refractivity contribution in [2.75, 3.05) is 5.32 Å². The second-order valence-electron chi connectivity index (χ2n) is 3.42. The highest BCUT2D eigenvalue weighted by molar-refractivity contribution is 7.09. The van der Waals surface area contributed by atoms with E-state index in [1.807, 2.05) is 26.0 Å². The van der Waals surface area contributed by atoms with E-state index in [9.17, 15) is 4.79 Å². The van der Waals surface area contributed by atoms with Gasteiger partial charge in [-0.2, -0.15) is 0 Å². The summed E-state index contributed by atoms with van der Waals surface area (Å²) >= 11 is 1.45. The van der Waals surface area contributed by atoms with Crippen LogP contribution >= 0.6 is 11.3 Å². The third kappa shape index (κ3) is 2.43. The van der Waals surface area contributed by atoms with Crippen molar-refractivity contribution in [1.82, 2.24) is 9.97 Å². The van der Waals surface area contributed by atoms with Crippen molar-refractivity contribution in [3.63, 3.8) is 0 Å². The van der Waals surface area contributed by atoms with Gasteiger partial charge in [0, 0.05) is 11.6 Å². The molecule has 0 fully saturated rings. The van der Waals surface area contributed by atoms with Gasteiger partial charge in [-0.1, -0.05) is 0 Å². The van der Waals surface area contributed by atoms with Crippen LogP contribution in [0.15, 0.2) is 23.7 Å². The first-order valence-corrected chi connectivity index (χ1v) is 5.69. The third-order valence-electron chi connectivity index (χ3n) is 2.01. The SMILES string of the molecule is Cc1ccnc(NC(=O)c2csc(C)n2)c1. The summed E-state index contributed by atoms with van der Waals surface area (Å²) in [6.07, 6.45) is 1.66. The number of aromatic nitrogens is 2. The summed E-state index contributed by atoms with van der Waals surface area (Å²) in [5, 5.41) is 5.32. The lowest BCUT2D eigenvalue weighted by atomic mass is 10.3. The second kappa shape index (κ2) is 4.40. The molecular weight excluding hydrogens is 222 g/mol. The van der Waals surface area contributed by atoms with Crippen molar-refractivity contribution in [3.05, 3.63) is 40.0 Å². The van der Waals surface area contributed by atoms with Crippen LogP contribution in [0.2, 0.25) is 0 Å². The van der Waals surface area contributed by atoms with E-state index in [0.29, 0.717) is 11.5 Å². The van der Waals surface area contributed by atoms with Gasteiger partial charge in [0.25, 0.3) is 5.91 Å². The quantitative estimate of drug-likeness (QED) is 0.866. The molecule has 0 aromatic carbocycles. The Bertz CT molecular complexity index is 521. The molecule has 0 bridgehead atoms. The Labute approximate surface area is 97.4 Å². The first-order valence-electron chi connectivity index (χ1n) is 4.81. The number of amides is 1. The van der Waals surface area contributed by atoms with Crippen LogP contribution < -0.4 is 5.32 Å². The summed E-state index contributed by atoms with van der Waals surface area (Å²) in [4.78, 5) is 19.9. The van der Waals surface area contributed by atoms with Crippen LogP contribution in [0.4, 0.5) is 5.82 Å². The Morgan fingerprint density at radius 3 is 2.88 bits per heavy atom. The fraction of sp³-hybridized carbons (Fsp3) is 0.182. The number of hydrogen-bond donors (Lipinski definition) is 1. The summed E-state index contributed by atoms with van der Waals surface area (Å²) in [5.41, 5.74) is 1.49. The number of nitrogens with zero attached hydrogens (tertiary/aromatic N) is 2. The van der Waals surface area contributed by atoms with E-state index in [1.165, 1.54) is 11.3 Å². The Morgan fingerprint density at radius 2 is 2.25 bits per heavy atom. The molecule has 0 radical (unpaired) electrons. The van der Waals surface area contributed by atoms with Gasteiger partial charge in [0.05, 0.1) is 5.01 Å². The van der Waals surface area contributed by atoms with Crippen LogP contribution in [0.25, 0.3) is 0 Å². The molecule has 4 nitrogen and oxygen atoms in total. The predicted molar refractivity (Wildman–Crippen MR) is 63.8 cm³/mol. The number of carbonyl (C=O) groups excluding carboxylic acids is 1. The second-order valence-corrected chi connectivity index (χ2v) is 4.49. The molecule has 2 rings (SSSR count). The molecule has 0 unspecified atom stereocenters. The van der Waals surface area contributed by atoms with Gasteiger partial charge in [0.1, 0.15) is 11.5 Å². The summed E-state index contributed by atoms with van der Waals surface area (Å²) in [6, 6.07) is 3.69. The molecule has 1 amide bonds. The van der Waals surface area contributed by atoms with Crippen molar-refractivity contribution >= 4 is 23.1 Å². The Morgan fingerprint density at radius 1 is 1.44 bits per heavy atom. The lowest BCUT2D eigenvalue weighted by molar-refractivity contribution is 0.102. The Balaban J connectivity index is 2.13. The molecule has 0 aliphatic rings. The standard InChI is InChI=1S/C11H11N3OS/c1-7-3-4-12-10(5-7)14-11(15)9-6-16-8(2)13-9/h3-6H,1-2H3,(H,12,14,15). The number of thiazole rings is 1. The van der Waals surface area contributed by atoms with E-state index in [4.69, 9.17) is 0 Å². The van der Waals surface area contributed by atoms with Gasteiger partial charge in [-0.3, -0.25) is 4.79 Å². The minimum atomic E-state index is -0.220. The van der Waals surface area contributed by atoms with Crippen LogP contribution in [0.3, 0.4) is 0 Å². The fourth-order valence-electron chi connectivity index (χ4n) is 1.25. The molecule has 2 aromatic heterocycles. The molecule has 0 saturated carbocycles. The van der Waals surface area contributed by atoms with Crippen LogP contribution in [-0.2, 0) is 0 Å². The maximum absolute atomic E-state index is 11.7. The van der Waals surface area contributed by atoms with E-state index >= 15 is 0 Å². The number of hydrogen-bond acceptors (Lipinski definition) is 4. The van der Waals surface area contributed by atoms with Crippen LogP contribution in [-0.4, -0.2) is 15.9 Å². The number of pyridine rings is 1. The van der Waals surface area contributed by atoms with Crippen molar-refractivity contribution in [2.45, 2.75) is 13.8 Å². The molecule has 0 spiro atoms. The number of carbonyl (C=O) groups is 1. The van der Waals surface area contributed by atoms with Gasteiger partial charge < -0.3 is 5.32 Å². The van der Waals surface area contributed by atoms with Gasteiger partial charge in [0.15, 0.2) is 0 Å². The largest absolute Gasteiger partial charge is 0.305 e. The number of aryl methyl sites for hydroxylation is 2. The highest BCUT2D eigenvalue weighted by Crippen LogP contribution is 2.11. The maximum atomic E-state index is 11.7. The van der Waals surface area contributed by atoms with E-state index in [-0.39, 0.29) is 5.91 Å². The first-order chi connectivity index (χ1) is 7.65. The van der Waals surface area contributed by atoms with Gasteiger partial charge >= 0.3 is 0 Å². The summed E-state index contributed by atoms with van der Waals surface area (Å²) in [5.74, 6) is 0.332. The summed E-state index contributed by atoms with van der Waals surface area (Å²) in [7, 11) is 0. The van der Waals surface area contributed by atoms with E-state index < -0.39 is 0 Å². The molecule has 5 heteroatoms. The van der Waals surface area contributed by atoms with E-state index in [1.54, 1.807) is 11.6 Å². The van der Waals surface area contributed by atoms with Crippen LogP contribution in [0.5, 0.6) is 0 Å². The van der Waals surface area contributed by atoms with Crippen molar-refractivity contribution < 1.29 is 4.79 Å². The Kier molecular flexibility index (Phi) is 2.96. The lowest BCUT2D eigenvalue weighted by Gasteiger charge is -2.02. The molecule has 0 atom stereocenters. The fourth-order valence-corrected chi connectivity index (χ4v) is 1.85. The Hall–Kier alpha value is -1.75. The highest BCUT2D eigenvalue weighted by Gasteiger charge is 2.09. The number of anilines is 1. The monoisotopic (exact) mass is 233 g/mol.